The Morgan fingerprint density at radius 2 is 1.95 bits per heavy atom. The van der Waals surface area contributed by atoms with Gasteiger partial charge >= 0.3 is 0 Å². The molecule has 1 aromatic carbocycles. The van der Waals surface area contributed by atoms with Crippen molar-refractivity contribution < 1.29 is 4.52 Å². The van der Waals surface area contributed by atoms with Gasteiger partial charge in [0.1, 0.15) is 0 Å². The van der Waals surface area contributed by atoms with E-state index in [0.29, 0.717) is 28.2 Å². The number of aromatic nitrogens is 2. The van der Waals surface area contributed by atoms with Crippen molar-refractivity contribution in [3.63, 3.8) is 0 Å². The van der Waals surface area contributed by atoms with Gasteiger partial charge in [-0.1, -0.05) is 47.3 Å². The summed E-state index contributed by atoms with van der Waals surface area (Å²) >= 11 is 11.9. The zero-order valence-corrected chi connectivity index (χ0v) is 12.4. The normalized spacial score (nSPS) is 17.6. The molecule has 3 rings (SSSR count). The molecule has 1 fully saturated rings. The summed E-state index contributed by atoms with van der Waals surface area (Å²) in [5.74, 6) is 1.17. The number of hydrogen-bond donors (Lipinski definition) is 1. The van der Waals surface area contributed by atoms with Gasteiger partial charge in [-0.15, -0.1) is 0 Å². The Hall–Kier alpha value is -1.10. The third-order valence-electron chi connectivity index (χ3n) is 3.75. The van der Waals surface area contributed by atoms with Crippen LogP contribution in [0, 0.1) is 0 Å². The van der Waals surface area contributed by atoms with Crippen LogP contribution in [0.15, 0.2) is 22.7 Å². The molecule has 1 aliphatic carbocycles. The summed E-state index contributed by atoms with van der Waals surface area (Å²) in [6.07, 6.45) is 4.60. The van der Waals surface area contributed by atoms with Gasteiger partial charge < -0.3 is 10.3 Å². The van der Waals surface area contributed by atoms with E-state index in [2.05, 4.69) is 10.1 Å². The topological polar surface area (TPSA) is 64.9 Å². The maximum atomic E-state index is 6.31. The summed E-state index contributed by atoms with van der Waals surface area (Å²) in [6, 6.07) is 5.46. The Balaban J connectivity index is 1.78. The van der Waals surface area contributed by atoms with Crippen molar-refractivity contribution in [3.05, 3.63) is 45.5 Å². The minimum Gasteiger partial charge on any atom is -0.339 e. The van der Waals surface area contributed by atoms with Crippen LogP contribution in [-0.4, -0.2) is 10.1 Å². The minimum absolute atomic E-state index is 0.417. The molecule has 1 saturated carbocycles. The van der Waals surface area contributed by atoms with Gasteiger partial charge in [-0.3, -0.25) is 0 Å². The Labute approximate surface area is 127 Å². The van der Waals surface area contributed by atoms with Gasteiger partial charge in [-0.2, -0.15) is 4.98 Å². The molecule has 106 valence electrons. The molecule has 20 heavy (non-hydrogen) atoms. The molecule has 0 amide bonds. The molecule has 0 radical (unpaired) electrons. The second-order valence-electron chi connectivity index (χ2n) is 5.30. The highest BCUT2D eigenvalue weighted by molar-refractivity contribution is 6.42. The average molecular weight is 312 g/mol. The smallest absolute Gasteiger partial charge is 0.231 e. The standard InChI is InChI=1S/C14H15Cl2N3O/c15-10-4-3-9(7-11(10)16)8-12-18-13(19-20-12)14(17)5-1-2-6-14/h3-4,7H,1-2,5-6,8,17H2. The van der Waals surface area contributed by atoms with Gasteiger partial charge in [0.2, 0.25) is 5.89 Å². The summed E-state index contributed by atoms with van der Waals surface area (Å²) in [5, 5.41) is 5.09. The van der Waals surface area contributed by atoms with E-state index in [1.165, 1.54) is 0 Å². The van der Waals surface area contributed by atoms with Crippen molar-refractivity contribution >= 4 is 23.2 Å². The highest BCUT2D eigenvalue weighted by Crippen LogP contribution is 2.34. The summed E-state index contributed by atoms with van der Waals surface area (Å²) in [4.78, 5) is 4.43. The Kier molecular flexibility index (Phi) is 3.71. The van der Waals surface area contributed by atoms with Gasteiger partial charge in [-0.25, -0.2) is 0 Å². The minimum atomic E-state index is -0.417. The molecule has 0 saturated heterocycles. The predicted octanol–water partition coefficient (Wildman–Crippen LogP) is 3.70. The molecule has 0 atom stereocenters. The molecule has 4 nitrogen and oxygen atoms in total. The van der Waals surface area contributed by atoms with Crippen molar-refractivity contribution in [3.8, 4) is 0 Å². The molecular weight excluding hydrogens is 297 g/mol. The zero-order chi connectivity index (χ0) is 14.2. The lowest BCUT2D eigenvalue weighted by atomic mass is 9.99. The number of hydrogen-bond acceptors (Lipinski definition) is 4. The van der Waals surface area contributed by atoms with E-state index < -0.39 is 5.54 Å². The fourth-order valence-electron chi connectivity index (χ4n) is 2.58. The Morgan fingerprint density at radius 3 is 2.65 bits per heavy atom. The number of halogens is 2. The number of nitrogens with zero attached hydrogens (tertiary/aromatic N) is 2. The number of rotatable bonds is 3. The van der Waals surface area contributed by atoms with Gasteiger partial charge in [0, 0.05) is 0 Å². The third kappa shape index (κ3) is 2.68. The monoisotopic (exact) mass is 311 g/mol. The van der Waals surface area contributed by atoms with Crippen LogP contribution in [0.3, 0.4) is 0 Å². The predicted molar refractivity (Wildman–Crippen MR) is 77.9 cm³/mol. The highest BCUT2D eigenvalue weighted by atomic mass is 35.5. The second kappa shape index (κ2) is 5.35. The average Bonchev–Trinajstić information content (AvgIpc) is 3.04. The summed E-state index contributed by atoms with van der Waals surface area (Å²) in [6.45, 7) is 0. The van der Waals surface area contributed by atoms with E-state index in [4.69, 9.17) is 33.5 Å². The molecule has 1 aliphatic rings. The van der Waals surface area contributed by atoms with Crippen LogP contribution >= 0.6 is 23.2 Å². The van der Waals surface area contributed by atoms with E-state index in [1.807, 2.05) is 12.1 Å². The molecule has 0 bridgehead atoms. The van der Waals surface area contributed by atoms with Crippen LogP contribution in [-0.2, 0) is 12.0 Å². The van der Waals surface area contributed by atoms with Crippen LogP contribution in [0.1, 0.15) is 43.0 Å². The van der Waals surface area contributed by atoms with Crippen molar-refractivity contribution in [2.45, 2.75) is 37.6 Å². The van der Waals surface area contributed by atoms with Crippen LogP contribution in [0.2, 0.25) is 10.0 Å². The van der Waals surface area contributed by atoms with Crippen LogP contribution in [0.25, 0.3) is 0 Å². The van der Waals surface area contributed by atoms with E-state index in [-0.39, 0.29) is 0 Å². The zero-order valence-electron chi connectivity index (χ0n) is 10.9. The molecule has 6 heteroatoms. The van der Waals surface area contributed by atoms with Crippen molar-refractivity contribution in [2.24, 2.45) is 5.73 Å². The first kappa shape index (κ1) is 13.9. The van der Waals surface area contributed by atoms with E-state index in [1.54, 1.807) is 6.07 Å². The first-order valence-electron chi connectivity index (χ1n) is 6.63. The molecule has 0 unspecified atom stereocenters. The van der Waals surface area contributed by atoms with Crippen LogP contribution in [0.5, 0.6) is 0 Å². The first-order valence-corrected chi connectivity index (χ1v) is 7.38. The van der Waals surface area contributed by atoms with Gasteiger partial charge in [0.25, 0.3) is 0 Å². The molecule has 0 spiro atoms. The molecule has 1 heterocycles. The van der Waals surface area contributed by atoms with Crippen LogP contribution < -0.4 is 5.73 Å². The molecule has 2 aromatic rings. The Morgan fingerprint density at radius 1 is 1.20 bits per heavy atom. The maximum absolute atomic E-state index is 6.31. The van der Waals surface area contributed by atoms with Gasteiger partial charge in [0.15, 0.2) is 5.82 Å². The summed E-state index contributed by atoms with van der Waals surface area (Å²) in [7, 11) is 0. The number of nitrogens with two attached hydrogens (primary N) is 1. The van der Waals surface area contributed by atoms with Gasteiger partial charge in [0.05, 0.1) is 22.0 Å². The van der Waals surface area contributed by atoms with Crippen molar-refractivity contribution in [2.75, 3.05) is 0 Å². The second-order valence-corrected chi connectivity index (χ2v) is 6.11. The number of benzene rings is 1. The van der Waals surface area contributed by atoms with Crippen molar-refractivity contribution in [1.82, 2.24) is 10.1 Å². The van der Waals surface area contributed by atoms with Crippen molar-refractivity contribution in [1.29, 1.82) is 0 Å². The largest absolute Gasteiger partial charge is 0.339 e. The summed E-state index contributed by atoms with van der Waals surface area (Å²) < 4.78 is 5.30. The highest BCUT2D eigenvalue weighted by Gasteiger charge is 2.35. The fourth-order valence-corrected chi connectivity index (χ4v) is 2.90. The Bertz CT molecular complexity index is 621. The lowest BCUT2D eigenvalue weighted by Gasteiger charge is -2.17. The lowest BCUT2D eigenvalue weighted by molar-refractivity contribution is 0.352. The first-order chi connectivity index (χ1) is 9.57. The fraction of sp³-hybridized carbons (Fsp3) is 0.429. The van der Waals surface area contributed by atoms with E-state index in [9.17, 15) is 0 Å². The van der Waals surface area contributed by atoms with E-state index >= 15 is 0 Å². The SMILES string of the molecule is NC1(c2noc(Cc3ccc(Cl)c(Cl)c3)n2)CCCC1. The maximum Gasteiger partial charge on any atom is 0.231 e. The molecule has 1 aromatic heterocycles. The summed E-state index contributed by atoms with van der Waals surface area (Å²) in [5.41, 5.74) is 6.87. The lowest BCUT2D eigenvalue weighted by Crippen LogP contribution is -2.34. The quantitative estimate of drug-likeness (QED) is 0.938. The molecule has 0 aliphatic heterocycles. The van der Waals surface area contributed by atoms with E-state index in [0.717, 1.165) is 31.2 Å². The van der Waals surface area contributed by atoms with Crippen LogP contribution in [0.4, 0.5) is 0 Å². The van der Waals surface area contributed by atoms with Gasteiger partial charge in [-0.05, 0) is 30.5 Å². The third-order valence-corrected chi connectivity index (χ3v) is 4.49. The molecule has 2 N–H and O–H groups in total. The molecular formula is C14H15Cl2N3O.